The molecule has 112 valence electrons. The van der Waals surface area contributed by atoms with E-state index < -0.39 is 11.6 Å². The molecule has 0 saturated heterocycles. The molecule has 0 aliphatic carbocycles. The summed E-state index contributed by atoms with van der Waals surface area (Å²) in [6.07, 6.45) is 2.28. The Balaban J connectivity index is 2.22. The minimum absolute atomic E-state index is 0.0295. The average Bonchev–Trinajstić information content (AvgIpc) is 2.80. The van der Waals surface area contributed by atoms with E-state index in [1.54, 1.807) is 0 Å². The Hall–Kier alpha value is -1.52. The molecular formula is C16H18ClNO3. The van der Waals surface area contributed by atoms with Crippen LogP contribution < -0.4 is 0 Å². The van der Waals surface area contributed by atoms with Gasteiger partial charge in [-0.2, -0.15) is 0 Å². The van der Waals surface area contributed by atoms with Gasteiger partial charge in [-0.1, -0.05) is 37.1 Å². The highest BCUT2D eigenvalue weighted by molar-refractivity contribution is 6.35. The number of hydrogen-bond acceptors (Lipinski definition) is 2. The van der Waals surface area contributed by atoms with Gasteiger partial charge in [-0.05, 0) is 24.5 Å². The molecule has 1 aliphatic heterocycles. The molecule has 21 heavy (non-hydrogen) atoms. The topological polar surface area (TPSA) is 62.3 Å². The molecule has 0 spiro atoms. The van der Waals surface area contributed by atoms with E-state index in [1.165, 1.54) is 0 Å². The first-order valence-electron chi connectivity index (χ1n) is 7.22. The van der Waals surface area contributed by atoms with Crippen LogP contribution in [0, 0.1) is 0 Å². The van der Waals surface area contributed by atoms with Crippen LogP contribution in [0.1, 0.15) is 37.4 Å². The number of carboxylic acids is 1. The summed E-state index contributed by atoms with van der Waals surface area (Å²) >= 11 is 6.26. The minimum Gasteiger partial charge on any atom is -0.481 e. The normalized spacial score (nSPS) is 21.4. The zero-order chi connectivity index (χ0) is 15.0. The summed E-state index contributed by atoms with van der Waals surface area (Å²) < 4.78 is 5.96. The zero-order valence-corrected chi connectivity index (χ0v) is 12.7. The van der Waals surface area contributed by atoms with Crippen molar-refractivity contribution in [1.29, 1.82) is 0 Å². The second-order valence-electron chi connectivity index (χ2n) is 5.55. The number of H-pyrrole nitrogens is 1. The number of para-hydroxylation sites is 1. The van der Waals surface area contributed by atoms with Crippen LogP contribution in [-0.4, -0.2) is 22.7 Å². The number of halogens is 1. The van der Waals surface area contributed by atoms with E-state index in [0.29, 0.717) is 18.1 Å². The Kier molecular flexibility index (Phi) is 3.68. The second kappa shape index (κ2) is 5.35. The molecule has 2 N–H and O–H groups in total. The predicted molar refractivity (Wildman–Crippen MR) is 81.8 cm³/mol. The quantitative estimate of drug-likeness (QED) is 0.901. The van der Waals surface area contributed by atoms with Crippen LogP contribution in [-0.2, 0) is 21.6 Å². The molecule has 0 bridgehead atoms. The lowest BCUT2D eigenvalue weighted by Crippen LogP contribution is -2.37. The molecule has 0 saturated carbocycles. The van der Waals surface area contributed by atoms with Crippen molar-refractivity contribution in [2.45, 2.75) is 38.2 Å². The van der Waals surface area contributed by atoms with Crippen LogP contribution in [0.4, 0.5) is 0 Å². The molecule has 1 atom stereocenters. The molecule has 0 amide bonds. The number of benzene rings is 1. The standard InChI is InChI=1S/C16H18ClNO3/c1-2-7-16(9-13(19)20)15-11(6-8-21-16)10-4-3-5-12(17)14(10)18-15/h3-5,18H,2,6-9H2,1H3,(H,19,20). The Labute approximate surface area is 128 Å². The maximum atomic E-state index is 11.3. The van der Waals surface area contributed by atoms with Gasteiger partial charge in [-0.25, -0.2) is 0 Å². The van der Waals surface area contributed by atoms with Crippen LogP contribution in [0.2, 0.25) is 5.02 Å². The van der Waals surface area contributed by atoms with E-state index >= 15 is 0 Å². The van der Waals surface area contributed by atoms with Crippen molar-refractivity contribution in [3.63, 3.8) is 0 Å². The fourth-order valence-electron chi connectivity index (χ4n) is 3.38. The average molecular weight is 308 g/mol. The number of nitrogens with one attached hydrogen (secondary N) is 1. The van der Waals surface area contributed by atoms with Gasteiger partial charge in [0.2, 0.25) is 0 Å². The Bertz CT molecular complexity index is 694. The van der Waals surface area contributed by atoms with E-state index in [0.717, 1.165) is 35.0 Å². The number of carboxylic acid groups (broad SMARTS) is 1. The lowest BCUT2D eigenvalue weighted by molar-refractivity contribution is -0.149. The fourth-order valence-corrected chi connectivity index (χ4v) is 3.60. The Morgan fingerprint density at radius 2 is 2.33 bits per heavy atom. The van der Waals surface area contributed by atoms with Crippen molar-refractivity contribution < 1.29 is 14.6 Å². The minimum atomic E-state index is -0.846. The lowest BCUT2D eigenvalue weighted by Gasteiger charge is -2.36. The molecule has 0 radical (unpaired) electrons. The van der Waals surface area contributed by atoms with Crippen LogP contribution in [0.25, 0.3) is 10.9 Å². The first-order valence-corrected chi connectivity index (χ1v) is 7.60. The third kappa shape index (κ3) is 2.32. The summed E-state index contributed by atoms with van der Waals surface area (Å²) in [5, 5.41) is 11.0. The van der Waals surface area contributed by atoms with Gasteiger partial charge in [0.05, 0.1) is 29.3 Å². The van der Waals surface area contributed by atoms with Gasteiger partial charge in [-0.15, -0.1) is 0 Å². The van der Waals surface area contributed by atoms with E-state index in [-0.39, 0.29) is 6.42 Å². The van der Waals surface area contributed by atoms with Crippen LogP contribution in [0.5, 0.6) is 0 Å². The van der Waals surface area contributed by atoms with Gasteiger partial charge in [0.1, 0.15) is 5.60 Å². The summed E-state index contributed by atoms with van der Waals surface area (Å²) in [7, 11) is 0. The first-order chi connectivity index (χ1) is 10.1. The molecule has 2 heterocycles. The maximum Gasteiger partial charge on any atom is 0.306 e. The van der Waals surface area contributed by atoms with Gasteiger partial charge < -0.3 is 14.8 Å². The van der Waals surface area contributed by atoms with Crippen molar-refractivity contribution >= 4 is 28.5 Å². The molecular weight excluding hydrogens is 290 g/mol. The summed E-state index contributed by atoms with van der Waals surface area (Å²) in [6, 6.07) is 5.79. The summed E-state index contributed by atoms with van der Waals surface area (Å²) in [5.74, 6) is -0.846. The summed E-state index contributed by atoms with van der Waals surface area (Å²) in [4.78, 5) is 14.7. The number of aliphatic carboxylic acids is 1. The van der Waals surface area contributed by atoms with Crippen molar-refractivity contribution in [3.8, 4) is 0 Å². The Morgan fingerprint density at radius 1 is 1.52 bits per heavy atom. The van der Waals surface area contributed by atoms with E-state index in [1.807, 2.05) is 25.1 Å². The molecule has 1 aromatic heterocycles. The van der Waals surface area contributed by atoms with Gasteiger partial charge in [-0.3, -0.25) is 4.79 Å². The number of carbonyl (C=O) groups is 1. The molecule has 3 rings (SSSR count). The smallest absolute Gasteiger partial charge is 0.306 e. The monoisotopic (exact) mass is 307 g/mol. The Morgan fingerprint density at radius 3 is 3.05 bits per heavy atom. The predicted octanol–water partition coefficient (Wildman–Crippen LogP) is 3.86. The number of aromatic nitrogens is 1. The van der Waals surface area contributed by atoms with E-state index in [4.69, 9.17) is 16.3 Å². The highest BCUT2D eigenvalue weighted by atomic mass is 35.5. The highest BCUT2D eigenvalue weighted by Crippen LogP contribution is 2.43. The second-order valence-corrected chi connectivity index (χ2v) is 5.96. The molecule has 0 fully saturated rings. The lowest BCUT2D eigenvalue weighted by atomic mass is 9.85. The van der Waals surface area contributed by atoms with Gasteiger partial charge >= 0.3 is 5.97 Å². The van der Waals surface area contributed by atoms with Crippen LogP contribution in [0.3, 0.4) is 0 Å². The molecule has 2 aromatic rings. The largest absolute Gasteiger partial charge is 0.481 e. The van der Waals surface area contributed by atoms with Gasteiger partial charge in [0.15, 0.2) is 0 Å². The molecule has 1 aliphatic rings. The number of fused-ring (bicyclic) bond motifs is 3. The third-order valence-electron chi connectivity index (χ3n) is 4.17. The number of hydrogen-bond donors (Lipinski definition) is 2. The molecule has 5 heteroatoms. The number of rotatable bonds is 4. The zero-order valence-electron chi connectivity index (χ0n) is 11.9. The van der Waals surface area contributed by atoms with Crippen molar-refractivity contribution in [3.05, 3.63) is 34.5 Å². The highest BCUT2D eigenvalue weighted by Gasteiger charge is 2.41. The van der Waals surface area contributed by atoms with Crippen molar-refractivity contribution in [2.75, 3.05) is 6.61 Å². The third-order valence-corrected chi connectivity index (χ3v) is 4.48. The van der Waals surface area contributed by atoms with Crippen LogP contribution >= 0.6 is 11.6 Å². The number of aromatic amines is 1. The van der Waals surface area contributed by atoms with Crippen LogP contribution in [0.15, 0.2) is 18.2 Å². The van der Waals surface area contributed by atoms with Gasteiger partial charge in [0.25, 0.3) is 0 Å². The fraction of sp³-hybridized carbons (Fsp3) is 0.438. The molecule has 1 aromatic carbocycles. The van der Waals surface area contributed by atoms with E-state index in [2.05, 4.69) is 4.98 Å². The van der Waals surface area contributed by atoms with Crippen molar-refractivity contribution in [2.24, 2.45) is 0 Å². The van der Waals surface area contributed by atoms with Crippen molar-refractivity contribution in [1.82, 2.24) is 4.98 Å². The first kappa shape index (κ1) is 14.4. The molecule has 4 nitrogen and oxygen atoms in total. The maximum absolute atomic E-state index is 11.3. The van der Waals surface area contributed by atoms with Gasteiger partial charge in [0, 0.05) is 5.39 Å². The molecule has 1 unspecified atom stereocenters. The SMILES string of the molecule is CCCC1(CC(=O)O)OCCc2c1[nH]c1c(Cl)cccc21. The summed E-state index contributed by atoms with van der Waals surface area (Å²) in [6.45, 7) is 2.58. The summed E-state index contributed by atoms with van der Waals surface area (Å²) in [5.41, 5.74) is 2.14. The van der Waals surface area contributed by atoms with E-state index in [9.17, 15) is 9.90 Å². The number of ether oxygens (including phenoxy) is 1.